The van der Waals surface area contributed by atoms with Gasteiger partial charge in [0.2, 0.25) is 0 Å². The molecular formula is C16H27IO4. The molecule has 0 spiro atoms. The number of esters is 2. The number of hydrogen-bond donors (Lipinski definition) is 0. The zero-order valence-corrected chi connectivity index (χ0v) is 15.5. The highest BCUT2D eigenvalue weighted by molar-refractivity contribution is 14.1. The third-order valence-corrected chi connectivity index (χ3v) is 5.95. The van der Waals surface area contributed by atoms with E-state index in [2.05, 4.69) is 13.8 Å². The molecule has 1 unspecified atom stereocenters. The van der Waals surface area contributed by atoms with Gasteiger partial charge in [-0.2, -0.15) is 0 Å². The second kappa shape index (κ2) is 8.96. The molecule has 1 saturated carbocycles. The van der Waals surface area contributed by atoms with Crippen molar-refractivity contribution in [2.45, 2.75) is 75.2 Å². The van der Waals surface area contributed by atoms with Crippen LogP contribution in [0.25, 0.3) is 0 Å². The average Bonchev–Trinajstić information content (AvgIpc) is 3.04. The molecule has 0 aliphatic heterocycles. The summed E-state index contributed by atoms with van der Waals surface area (Å²) >= 11 is 2.03. The summed E-state index contributed by atoms with van der Waals surface area (Å²) in [4.78, 5) is 23.6. The molecule has 0 aromatic heterocycles. The number of alkyl halides is 1. The average molecular weight is 410 g/mol. The smallest absolute Gasteiger partial charge is 0.344 e. The Kier molecular flexibility index (Phi) is 7.98. The molecule has 0 radical (unpaired) electrons. The second-order valence-electron chi connectivity index (χ2n) is 5.71. The quantitative estimate of drug-likeness (QED) is 0.344. The number of halogens is 1. The first-order chi connectivity index (χ1) is 9.99. The topological polar surface area (TPSA) is 52.6 Å². The highest BCUT2D eigenvalue weighted by Gasteiger charge is 2.40. The predicted molar refractivity (Wildman–Crippen MR) is 90.4 cm³/mol. The van der Waals surface area contributed by atoms with Crippen molar-refractivity contribution >= 4 is 34.5 Å². The highest BCUT2D eigenvalue weighted by Crippen LogP contribution is 2.40. The van der Waals surface area contributed by atoms with E-state index in [1.54, 1.807) is 0 Å². The van der Waals surface area contributed by atoms with Gasteiger partial charge in [-0.1, -0.05) is 56.2 Å². The maximum absolute atomic E-state index is 12.0. The summed E-state index contributed by atoms with van der Waals surface area (Å²) in [6.45, 7) is 5.78. The zero-order valence-electron chi connectivity index (χ0n) is 13.3. The third-order valence-electron chi connectivity index (χ3n) is 4.56. The van der Waals surface area contributed by atoms with Crippen LogP contribution in [0.1, 0.15) is 65.7 Å². The monoisotopic (exact) mass is 410 g/mol. The minimum Gasteiger partial charge on any atom is -0.456 e. The normalized spacial score (nSPS) is 17.5. The van der Waals surface area contributed by atoms with Gasteiger partial charge < -0.3 is 9.47 Å². The van der Waals surface area contributed by atoms with Gasteiger partial charge in [-0.25, -0.2) is 4.79 Å². The number of carbonyl (C=O) groups excluding carboxylic acids is 2. The number of rotatable bonds is 8. The molecule has 1 rings (SSSR count). The molecular weight excluding hydrogens is 383 g/mol. The van der Waals surface area contributed by atoms with Crippen molar-refractivity contribution < 1.29 is 19.1 Å². The number of hydrogen-bond acceptors (Lipinski definition) is 4. The Labute approximate surface area is 141 Å². The van der Waals surface area contributed by atoms with Gasteiger partial charge in [0.1, 0.15) is 9.53 Å². The molecule has 122 valence electrons. The van der Waals surface area contributed by atoms with Crippen molar-refractivity contribution in [3.05, 3.63) is 0 Å². The Balaban J connectivity index is 2.55. The highest BCUT2D eigenvalue weighted by atomic mass is 127. The van der Waals surface area contributed by atoms with Gasteiger partial charge in [-0.15, -0.1) is 0 Å². The Morgan fingerprint density at radius 2 is 1.76 bits per heavy atom. The van der Waals surface area contributed by atoms with E-state index in [4.69, 9.17) is 9.47 Å². The van der Waals surface area contributed by atoms with Gasteiger partial charge in [0, 0.05) is 0 Å². The van der Waals surface area contributed by atoms with E-state index in [-0.39, 0.29) is 22.1 Å². The SMILES string of the molecule is CCC(I)C(=O)OCC(=O)OC(CC)(CC)C1CCCC1. The van der Waals surface area contributed by atoms with Crippen LogP contribution in [-0.4, -0.2) is 28.1 Å². The molecule has 0 aromatic carbocycles. The Bertz CT molecular complexity index is 346. The summed E-state index contributed by atoms with van der Waals surface area (Å²) < 4.78 is 10.6. The fourth-order valence-corrected chi connectivity index (χ4v) is 3.33. The molecule has 0 N–H and O–H groups in total. The van der Waals surface area contributed by atoms with Crippen molar-refractivity contribution in [2.75, 3.05) is 6.61 Å². The lowest BCUT2D eigenvalue weighted by Crippen LogP contribution is -2.41. The van der Waals surface area contributed by atoms with E-state index in [0.29, 0.717) is 12.3 Å². The maximum Gasteiger partial charge on any atom is 0.344 e. The van der Waals surface area contributed by atoms with Gasteiger partial charge in [-0.3, -0.25) is 4.79 Å². The van der Waals surface area contributed by atoms with Crippen molar-refractivity contribution in [2.24, 2.45) is 5.92 Å². The summed E-state index contributed by atoms with van der Waals surface area (Å²) in [5.41, 5.74) is -0.380. The minimum atomic E-state index is -0.418. The molecule has 1 aliphatic rings. The summed E-state index contributed by atoms with van der Waals surface area (Å²) in [5, 5.41) is 0. The molecule has 1 fully saturated rings. The first kappa shape index (κ1) is 18.7. The molecule has 5 heteroatoms. The largest absolute Gasteiger partial charge is 0.456 e. The van der Waals surface area contributed by atoms with E-state index < -0.39 is 5.97 Å². The first-order valence-electron chi connectivity index (χ1n) is 8.01. The van der Waals surface area contributed by atoms with Crippen LogP contribution in [0, 0.1) is 5.92 Å². The number of ether oxygens (including phenoxy) is 2. The minimum absolute atomic E-state index is 0.202. The van der Waals surface area contributed by atoms with Crippen LogP contribution in [0.4, 0.5) is 0 Å². The van der Waals surface area contributed by atoms with Gasteiger partial charge in [0.15, 0.2) is 6.61 Å². The molecule has 0 saturated heterocycles. The fraction of sp³-hybridized carbons (Fsp3) is 0.875. The molecule has 1 aliphatic carbocycles. The van der Waals surface area contributed by atoms with Gasteiger partial charge in [0.25, 0.3) is 0 Å². The summed E-state index contributed by atoms with van der Waals surface area (Å²) in [6.07, 6.45) is 7.01. The molecule has 0 amide bonds. The molecule has 0 aromatic rings. The third kappa shape index (κ3) is 5.11. The van der Waals surface area contributed by atoms with Crippen LogP contribution < -0.4 is 0 Å². The molecule has 21 heavy (non-hydrogen) atoms. The zero-order chi connectivity index (χ0) is 15.9. The summed E-state index contributed by atoms with van der Waals surface area (Å²) in [7, 11) is 0. The van der Waals surface area contributed by atoms with Gasteiger partial charge in [0.05, 0.1) is 0 Å². The van der Waals surface area contributed by atoms with E-state index in [0.717, 1.165) is 25.7 Å². The molecule has 0 bridgehead atoms. The van der Waals surface area contributed by atoms with E-state index in [1.807, 2.05) is 29.5 Å². The van der Waals surface area contributed by atoms with E-state index in [1.165, 1.54) is 12.8 Å². The Morgan fingerprint density at radius 1 is 1.19 bits per heavy atom. The van der Waals surface area contributed by atoms with Crippen LogP contribution in [-0.2, 0) is 19.1 Å². The van der Waals surface area contributed by atoms with E-state index in [9.17, 15) is 9.59 Å². The molecule has 0 heterocycles. The van der Waals surface area contributed by atoms with Crippen LogP contribution in [0.2, 0.25) is 0 Å². The second-order valence-corrected chi connectivity index (χ2v) is 7.21. The summed E-state index contributed by atoms with van der Waals surface area (Å²) in [6, 6.07) is 0. The van der Waals surface area contributed by atoms with Crippen molar-refractivity contribution in [3.8, 4) is 0 Å². The van der Waals surface area contributed by atoms with Crippen LogP contribution in [0.15, 0.2) is 0 Å². The van der Waals surface area contributed by atoms with Crippen molar-refractivity contribution in [1.29, 1.82) is 0 Å². The fourth-order valence-electron chi connectivity index (χ4n) is 3.15. The summed E-state index contributed by atoms with van der Waals surface area (Å²) in [5.74, 6) is -0.312. The lowest BCUT2D eigenvalue weighted by Gasteiger charge is -2.37. The van der Waals surface area contributed by atoms with Crippen LogP contribution in [0.3, 0.4) is 0 Å². The van der Waals surface area contributed by atoms with Crippen molar-refractivity contribution in [1.82, 2.24) is 0 Å². The molecule has 4 nitrogen and oxygen atoms in total. The number of carbonyl (C=O) groups is 2. The van der Waals surface area contributed by atoms with Crippen LogP contribution >= 0.6 is 22.6 Å². The van der Waals surface area contributed by atoms with E-state index >= 15 is 0 Å². The van der Waals surface area contributed by atoms with Crippen molar-refractivity contribution in [3.63, 3.8) is 0 Å². The standard InChI is InChI=1S/C16H27IO4/c1-4-13(17)15(19)20-11-14(18)21-16(5-2,6-3)12-9-7-8-10-12/h12-13H,4-11H2,1-3H3. The van der Waals surface area contributed by atoms with Crippen LogP contribution in [0.5, 0.6) is 0 Å². The Hall–Kier alpha value is -0.330. The van der Waals surface area contributed by atoms with Gasteiger partial charge in [-0.05, 0) is 38.0 Å². The molecule has 1 atom stereocenters. The first-order valence-corrected chi connectivity index (χ1v) is 9.26. The lowest BCUT2D eigenvalue weighted by molar-refractivity contribution is -0.176. The lowest BCUT2D eigenvalue weighted by atomic mass is 9.81. The Morgan fingerprint density at radius 3 is 2.24 bits per heavy atom. The maximum atomic E-state index is 12.0. The predicted octanol–water partition coefficient (Wildman–Crippen LogP) is 4.04. The van der Waals surface area contributed by atoms with Gasteiger partial charge >= 0.3 is 11.9 Å².